The van der Waals surface area contributed by atoms with Crippen molar-refractivity contribution in [1.29, 1.82) is 0 Å². The quantitative estimate of drug-likeness (QED) is 0.542. The van der Waals surface area contributed by atoms with Crippen LogP contribution in [0.15, 0.2) is 30.3 Å². The lowest BCUT2D eigenvalue weighted by Gasteiger charge is -1.94. The molecule has 0 aliphatic rings. The second kappa shape index (κ2) is 2.55. The van der Waals surface area contributed by atoms with E-state index < -0.39 is 0 Å². The topological polar surface area (TPSA) is 25.8 Å². The van der Waals surface area contributed by atoms with Gasteiger partial charge in [0, 0.05) is 5.39 Å². The van der Waals surface area contributed by atoms with Crippen molar-refractivity contribution in [2.75, 3.05) is 0 Å². The zero-order valence-corrected chi connectivity index (χ0v) is 7.01. The molecular formula is C8H7N2P. The molecule has 0 bridgehead atoms. The first kappa shape index (κ1) is 6.68. The number of benzene rings is 1. The van der Waals surface area contributed by atoms with Gasteiger partial charge in [-0.15, -0.1) is 5.10 Å². The fraction of sp³-hybridized carbons (Fsp3) is 0. The zero-order valence-electron chi connectivity index (χ0n) is 5.86. The molecule has 1 atom stereocenters. The van der Waals surface area contributed by atoms with Gasteiger partial charge in [-0.05, 0) is 12.1 Å². The lowest BCUT2D eigenvalue weighted by atomic mass is 10.2. The van der Waals surface area contributed by atoms with Crippen LogP contribution in [0.1, 0.15) is 0 Å². The summed E-state index contributed by atoms with van der Waals surface area (Å²) in [4.78, 5) is 0. The molecule has 0 amide bonds. The Morgan fingerprint density at radius 3 is 2.82 bits per heavy atom. The molecule has 2 rings (SSSR count). The molecule has 1 aromatic carbocycles. The second-order valence-corrected chi connectivity index (χ2v) is 2.92. The largest absolute Gasteiger partial charge is 0.151 e. The minimum Gasteiger partial charge on any atom is -0.151 e. The van der Waals surface area contributed by atoms with E-state index in [0.29, 0.717) is 0 Å². The summed E-state index contributed by atoms with van der Waals surface area (Å²) in [6.07, 6.45) is 0. The van der Waals surface area contributed by atoms with Gasteiger partial charge in [0.2, 0.25) is 0 Å². The molecule has 0 fully saturated rings. The van der Waals surface area contributed by atoms with E-state index in [2.05, 4.69) is 19.4 Å². The van der Waals surface area contributed by atoms with Crippen LogP contribution in [-0.2, 0) is 0 Å². The maximum Gasteiger partial charge on any atom is 0.0930 e. The standard InChI is InChI=1S/C8H7N2P/c11-8-5-6-3-1-2-4-7(6)9-10-8/h1-5H,11H2. The predicted octanol–water partition coefficient (Wildman–Crippen LogP) is 1.13. The Bertz CT molecular complexity index is 387. The van der Waals surface area contributed by atoms with E-state index in [1.807, 2.05) is 30.3 Å². The Morgan fingerprint density at radius 2 is 1.91 bits per heavy atom. The smallest absolute Gasteiger partial charge is 0.0930 e. The first-order valence-electron chi connectivity index (χ1n) is 3.34. The molecule has 11 heavy (non-hydrogen) atoms. The first-order chi connectivity index (χ1) is 5.36. The molecule has 3 heteroatoms. The summed E-state index contributed by atoms with van der Waals surface area (Å²) in [5, 5.41) is 9.06. The van der Waals surface area contributed by atoms with Crippen LogP contribution in [0.5, 0.6) is 0 Å². The van der Waals surface area contributed by atoms with Gasteiger partial charge in [-0.25, -0.2) is 0 Å². The van der Waals surface area contributed by atoms with Crippen LogP contribution in [0.4, 0.5) is 0 Å². The summed E-state index contributed by atoms with van der Waals surface area (Å²) < 4.78 is 0. The fourth-order valence-electron chi connectivity index (χ4n) is 1.00. The fourth-order valence-corrected chi connectivity index (χ4v) is 1.24. The molecule has 0 aliphatic heterocycles. The maximum absolute atomic E-state index is 4.01. The second-order valence-electron chi connectivity index (χ2n) is 2.33. The minimum atomic E-state index is 0.878. The molecule has 0 saturated heterocycles. The third-order valence-corrected chi connectivity index (χ3v) is 1.80. The molecule has 2 aromatic rings. The van der Waals surface area contributed by atoms with E-state index in [4.69, 9.17) is 0 Å². The Labute approximate surface area is 66.9 Å². The Balaban J connectivity index is 2.83. The van der Waals surface area contributed by atoms with Crippen LogP contribution in [0.2, 0.25) is 0 Å². The molecule has 0 aliphatic carbocycles. The minimum absolute atomic E-state index is 0.878. The van der Waals surface area contributed by atoms with E-state index in [-0.39, 0.29) is 0 Å². The van der Waals surface area contributed by atoms with Gasteiger partial charge in [0.05, 0.1) is 11.0 Å². The van der Waals surface area contributed by atoms with Gasteiger partial charge in [-0.2, -0.15) is 5.10 Å². The molecule has 54 valence electrons. The van der Waals surface area contributed by atoms with Crippen LogP contribution in [0, 0.1) is 0 Å². The summed E-state index contributed by atoms with van der Waals surface area (Å²) in [6, 6.07) is 9.92. The third kappa shape index (κ3) is 1.22. The van der Waals surface area contributed by atoms with Gasteiger partial charge in [0.25, 0.3) is 0 Å². The average Bonchev–Trinajstić information content (AvgIpc) is 2.04. The number of hydrogen-bond acceptors (Lipinski definition) is 2. The monoisotopic (exact) mass is 162 g/mol. The molecular weight excluding hydrogens is 155 g/mol. The number of fused-ring (bicyclic) bond motifs is 1. The lowest BCUT2D eigenvalue weighted by molar-refractivity contribution is 1.11. The summed E-state index contributed by atoms with van der Waals surface area (Å²) >= 11 is 0. The highest BCUT2D eigenvalue weighted by molar-refractivity contribution is 7.26. The molecule has 1 aromatic heterocycles. The van der Waals surface area contributed by atoms with Crippen molar-refractivity contribution in [2.24, 2.45) is 0 Å². The number of rotatable bonds is 0. The van der Waals surface area contributed by atoms with Crippen molar-refractivity contribution >= 4 is 25.6 Å². The highest BCUT2D eigenvalue weighted by Crippen LogP contribution is 2.07. The van der Waals surface area contributed by atoms with E-state index in [1.165, 1.54) is 0 Å². The Kier molecular flexibility index (Phi) is 1.55. The SMILES string of the molecule is Pc1cc2ccccc2nn1. The molecule has 0 N–H and O–H groups in total. The lowest BCUT2D eigenvalue weighted by Crippen LogP contribution is -1.99. The van der Waals surface area contributed by atoms with Crippen LogP contribution in [-0.4, -0.2) is 10.2 Å². The normalized spacial score (nSPS) is 10.3. The van der Waals surface area contributed by atoms with Crippen molar-refractivity contribution in [3.63, 3.8) is 0 Å². The summed E-state index contributed by atoms with van der Waals surface area (Å²) in [7, 11) is 2.53. The first-order valence-corrected chi connectivity index (χ1v) is 3.92. The Hall–Kier alpha value is -1.01. The number of hydrogen-bond donors (Lipinski definition) is 0. The highest BCUT2D eigenvalue weighted by atomic mass is 31.0. The summed E-state index contributed by atoms with van der Waals surface area (Å²) in [5.41, 5.74) is 1.82. The van der Waals surface area contributed by atoms with Crippen molar-refractivity contribution in [3.05, 3.63) is 30.3 Å². The number of nitrogens with zero attached hydrogens (tertiary/aromatic N) is 2. The van der Waals surface area contributed by atoms with Gasteiger partial charge < -0.3 is 0 Å². The van der Waals surface area contributed by atoms with Gasteiger partial charge in [-0.1, -0.05) is 27.4 Å². The van der Waals surface area contributed by atoms with Crippen molar-refractivity contribution < 1.29 is 0 Å². The molecule has 1 heterocycles. The van der Waals surface area contributed by atoms with Gasteiger partial charge in [-0.3, -0.25) is 0 Å². The van der Waals surface area contributed by atoms with Crippen LogP contribution >= 0.6 is 9.24 Å². The van der Waals surface area contributed by atoms with Crippen LogP contribution in [0.3, 0.4) is 0 Å². The molecule has 1 unspecified atom stereocenters. The molecule has 2 nitrogen and oxygen atoms in total. The van der Waals surface area contributed by atoms with Crippen LogP contribution < -0.4 is 5.44 Å². The van der Waals surface area contributed by atoms with E-state index in [9.17, 15) is 0 Å². The molecule has 0 spiro atoms. The van der Waals surface area contributed by atoms with Crippen LogP contribution in [0.25, 0.3) is 10.9 Å². The van der Waals surface area contributed by atoms with E-state index in [1.54, 1.807) is 0 Å². The van der Waals surface area contributed by atoms with E-state index >= 15 is 0 Å². The summed E-state index contributed by atoms with van der Waals surface area (Å²) in [5.74, 6) is 0. The average molecular weight is 162 g/mol. The van der Waals surface area contributed by atoms with Crippen molar-refractivity contribution in [3.8, 4) is 0 Å². The Morgan fingerprint density at radius 1 is 1.09 bits per heavy atom. The maximum atomic E-state index is 4.01. The zero-order chi connectivity index (χ0) is 7.68. The third-order valence-electron chi connectivity index (χ3n) is 1.51. The summed E-state index contributed by atoms with van der Waals surface area (Å²) in [6.45, 7) is 0. The van der Waals surface area contributed by atoms with E-state index in [0.717, 1.165) is 16.3 Å². The molecule has 0 saturated carbocycles. The van der Waals surface area contributed by atoms with Gasteiger partial charge in [0.15, 0.2) is 0 Å². The van der Waals surface area contributed by atoms with Gasteiger partial charge >= 0.3 is 0 Å². The van der Waals surface area contributed by atoms with Crippen molar-refractivity contribution in [1.82, 2.24) is 10.2 Å². The van der Waals surface area contributed by atoms with Crippen molar-refractivity contribution in [2.45, 2.75) is 0 Å². The number of aromatic nitrogens is 2. The highest BCUT2D eigenvalue weighted by Gasteiger charge is 1.92. The predicted molar refractivity (Wildman–Crippen MR) is 48.9 cm³/mol. The molecule has 0 radical (unpaired) electrons. The van der Waals surface area contributed by atoms with Gasteiger partial charge in [0.1, 0.15) is 0 Å².